The van der Waals surface area contributed by atoms with Crippen molar-refractivity contribution >= 4 is 11.3 Å². The summed E-state index contributed by atoms with van der Waals surface area (Å²) in [5.74, 6) is 0. The van der Waals surface area contributed by atoms with Crippen LogP contribution in [0, 0.1) is 0 Å². The number of rotatable bonds is 3. The van der Waals surface area contributed by atoms with Crippen molar-refractivity contribution in [3.63, 3.8) is 0 Å². The van der Waals surface area contributed by atoms with Gasteiger partial charge < -0.3 is 4.57 Å². The van der Waals surface area contributed by atoms with Crippen LogP contribution in [0.15, 0.2) is 32.7 Å². The Hall–Kier alpha value is -1.69. The molecule has 2 rings (SSSR count). The van der Waals surface area contributed by atoms with Crippen molar-refractivity contribution in [1.82, 2.24) is 14.1 Å². The Labute approximate surface area is 95.6 Å². The van der Waals surface area contributed by atoms with Gasteiger partial charge in [0.2, 0.25) is 0 Å². The van der Waals surface area contributed by atoms with Crippen LogP contribution in [0.1, 0.15) is 12.6 Å². The van der Waals surface area contributed by atoms with Crippen LogP contribution in [-0.2, 0) is 13.1 Å². The molecule has 0 amide bonds. The summed E-state index contributed by atoms with van der Waals surface area (Å²) in [6, 6.07) is 1.40. The van der Waals surface area contributed by atoms with Gasteiger partial charge in [0.05, 0.1) is 17.7 Å². The van der Waals surface area contributed by atoms with E-state index >= 15 is 0 Å². The standard InChI is InChI=1S/C10H11N3O2S/c1-2-12-4-3-9(14)13(10(12)15)5-8-6-16-7-11-8/h3-4,6-7H,2,5H2,1H3. The summed E-state index contributed by atoms with van der Waals surface area (Å²) in [5, 5.41) is 1.83. The number of nitrogens with zero attached hydrogens (tertiary/aromatic N) is 3. The fourth-order valence-electron chi connectivity index (χ4n) is 1.42. The van der Waals surface area contributed by atoms with Gasteiger partial charge in [-0.3, -0.25) is 9.36 Å². The van der Waals surface area contributed by atoms with E-state index in [0.717, 1.165) is 5.69 Å². The van der Waals surface area contributed by atoms with E-state index in [4.69, 9.17) is 0 Å². The lowest BCUT2D eigenvalue weighted by Gasteiger charge is -2.06. The third-order valence-electron chi connectivity index (χ3n) is 2.28. The van der Waals surface area contributed by atoms with Crippen LogP contribution < -0.4 is 11.2 Å². The second kappa shape index (κ2) is 4.44. The van der Waals surface area contributed by atoms with Crippen molar-refractivity contribution in [1.29, 1.82) is 0 Å². The zero-order valence-electron chi connectivity index (χ0n) is 8.79. The molecular weight excluding hydrogens is 226 g/mol. The van der Waals surface area contributed by atoms with Crippen LogP contribution in [-0.4, -0.2) is 14.1 Å². The zero-order valence-corrected chi connectivity index (χ0v) is 9.61. The van der Waals surface area contributed by atoms with Crippen LogP contribution in [0.25, 0.3) is 0 Å². The Morgan fingerprint density at radius 2 is 2.25 bits per heavy atom. The number of aryl methyl sites for hydroxylation is 1. The van der Waals surface area contributed by atoms with E-state index in [1.54, 1.807) is 5.51 Å². The predicted octanol–water partition coefficient (Wildman–Crippen LogP) is 0.535. The molecule has 0 aromatic carbocycles. The molecule has 0 unspecified atom stereocenters. The molecular formula is C10H11N3O2S. The molecule has 0 spiro atoms. The average molecular weight is 237 g/mol. The van der Waals surface area contributed by atoms with E-state index in [-0.39, 0.29) is 17.8 Å². The second-order valence-electron chi connectivity index (χ2n) is 3.29. The van der Waals surface area contributed by atoms with E-state index in [9.17, 15) is 9.59 Å². The molecule has 2 heterocycles. The van der Waals surface area contributed by atoms with E-state index in [0.29, 0.717) is 6.54 Å². The highest BCUT2D eigenvalue weighted by Crippen LogP contribution is 2.00. The third-order valence-corrected chi connectivity index (χ3v) is 2.92. The summed E-state index contributed by atoms with van der Waals surface area (Å²) >= 11 is 1.45. The highest BCUT2D eigenvalue weighted by Gasteiger charge is 2.05. The lowest BCUT2D eigenvalue weighted by atomic mass is 10.4. The van der Waals surface area contributed by atoms with Crippen molar-refractivity contribution in [2.75, 3.05) is 0 Å². The molecule has 16 heavy (non-hydrogen) atoms. The molecule has 2 aromatic rings. The monoisotopic (exact) mass is 237 g/mol. The van der Waals surface area contributed by atoms with E-state index in [1.807, 2.05) is 12.3 Å². The molecule has 2 aromatic heterocycles. The van der Waals surface area contributed by atoms with Gasteiger partial charge >= 0.3 is 5.69 Å². The summed E-state index contributed by atoms with van der Waals surface area (Å²) < 4.78 is 2.69. The molecule has 0 fully saturated rings. The van der Waals surface area contributed by atoms with Gasteiger partial charge in [-0.15, -0.1) is 11.3 Å². The summed E-state index contributed by atoms with van der Waals surface area (Å²) in [4.78, 5) is 27.5. The number of hydrogen-bond donors (Lipinski definition) is 0. The first kappa shape index (κ1) is 10.8. The Balaban J connectivity index is 2.48. The Bertz CT molecular complexity index is 583. The van der Waals surface area contributed by atoms with Crippen molar-refractivity contribution in [3.05, 3.63) is 49.7 Å². The normalized spacial score (nSPS) is 10.6. The number of aromatic nitrogens is 3. The molecule has 0 saturated carbocycles. The molecule has 0 aliphatic carbocycles. The van der Waals surface area contributed by atoms with Gasteiger partial charge in [0.25, 0.3) is 5.56 Å². The minimum Gasteiger partial charge on any atom is -0.301 e. The SMILES string of the molecule is CCn1ccc(=O)n(Cc2cscn2)c1=O. The first-order valence-electron chi connectivity index (χ1n) is 4.89. The molecule has 84 valence electrons. The van der Waals surface area contributed by atoms with Crippen molar-refractivity contribution in [2.24, 2.45) is 0 Å². The fraction of sp³-hybridized carbons (Fsp3) is 0.300. The maximum Gasteiger partial charge on any atom is 0.331 e. The number of hydrogen-bond acceptors (Lipinski definition) is 4. The maximum atomic E-state index is 11.8. The summed E-state index contributed by atoms with van der Waals surface area (Å²) in [6.07, 6.45) is 1.52. The molecule has 0 aliphatic rings. The minimum atomic E-state index is -0.289. The summed E-state index contributed by atoms with van der Waals surface area (Å²) in [6.45, 7) is 2.65. The van der Waals surface area contributed by atoms with Crippen molar-refractivity contribution in [3.8, 4) is 0 Å². The summed E-state index contributed by atoms with van der Waals surface area (Å²) in [7, 11) is 0. The predicted molar refractivity (Wildman–Crippen MR) is 61.9 cm³/mol. The molecule has 0 N–H and O–H groups in total. The van der Waals surface area contributed by atoms with Crippen LogP contribution in [0.4, 0.5) is 0 Å². The van der Waals surface area contributed by atoms with Crippen LogP contribution >= 0.6 is 11.3 Å². The van der Waals surface area contributed by atoms with E-state index < -0.39 is 0 Å². The van der Waals surface area contributed by atoms with Crippen LogP contribution in [0.5, 0.6) is 0 Å². The first-order chi connectivity index (χ1) is 7.72. The Morgan fingerprint density at radius 1 is 1.44 bits per heavy atom. The molecule has 6 heteroatoms. The van der Waals surface area contributed by atoms with Crippen molar-refractivity contribution < 1.29 is 0 Å². The quantitative estimate of drug-likeness (QED) is 0.782. The van der Waals surface area contributed by atoms with Gasteiger partial charge in [0.15, 0.2) is 0 Å². The zero-order chi connectivity index (χ0) is 11.5. The van der Waals surface area contributed by atoms with E-state index in [2.05, 4.69) is 4.98 Å². The van der Waals surface area contributed by atoms with Gasteiger partial charge in [-0.25, -0.2) is 9.78 Å². The topological polar surface area (TPSA) is 56.9 Å². The molecule has 0 radical (unpaired) electrons. The highest BCUT2D eigenvalue weighted by atomic mass is 32.1. The smallest absolute Gasteiger partial charge is 0.301 e. The summed E-state index contributed by atoms with van der Waals surface area (Å²) in [5.41, 5.74) is 1.84. The minimum absolute atomic E-state index is 0.238. The van der Waals surface area contributed by atoms with Gasteiger partial charge in [-0.2, -0.15) is 0 Å². The second-order valence-corrected chi connectivity index (χ2v) is 4.01. The highest BCUT2D eigenvalue weighted by molar-refractivity contribution is 7.07. The molecule has 5 nitrogen and oxygen atoms in total. The number of thiazole rings is 1. The Kier molecular flexibility index (Phi) is 3.00. The largest absolute Gasteiger partial charge is 0.331 e. The van der Waals surface area contributed by atoms with Crippen LogP contribution in [0.2, 0.25) is 0 Å². The molecule has 0 saturated heterocycles. The van der Waals surface area contributed by atoms with Gasteiger partial charge in [0.1, 0.15) is 0 Å². The van der Waals surface area contributed by atoms with Crippen LogP contribution in [0.3, 0.4) is 0 Å². The van der Waals surface area contributed by atoms with Gasteiger partial charge in [-0.1, -0.05) is 0 Å². The molecule has 0 atom stereocenters. The van der Waals surface area contributed by atoms with Gasteiger partial charge in [-0.05, 0) is 6.92 Å². The Morgan fingerprint density at radius 3 is 2.88 bits per heavy atom. The lowest BCUT2D eigenvalue weighted by molar-refractivity contribution is 0.596. The molecule has 0 bridgehead atoms. The maximum absolute atomic E-state index is 11.8. The first-order valence-corrected chi connectivity index (χ1v) is 5.84. The third kappa shape index (κ3) is 1.96. The fourth-order valence-corrected chi connectivity index (χ4v) is 1.97. The molecule has 0 aliphatic heterocycles. The van der Waals surface area contributed by atoms with Crippen molar-refractivity contribution in [2.45, 2.75) is 20.0 Å². The average Bonchev–Trinajstić information content (AvgIpc) is 2.77. The lowest BCUT2D eigenvalue weighted by Crippen LogP contribution is -2.39. The van der Waals surface area contributed by atoms with E-state index in [1.165, 1.54) is 32.7 Å². The van der Waals surface area contributed by atoms with Gasteiger partial charge in [0, 0.05) is 24.2 Å².